The third-order valence-corrected chi connectivity index (χ3v) is 1.71. The Morgan fingerprint density at radius 2 is 1.33 bits per heavy atom. The summed E-state index contributed by atoms with van der Waals surface area (Å²) in [5, 5.41) is 0. The zero-order valence-electron chi connectivity index (χ0n) is 7.04. The van der Waals surface area contributed by atoms with Gasteiger partial charge in [-0.1, -0.05) is 33.6 Å². The second-order valence-corrected chi connectivity index (χ2v) is 2.60. The van der Waals surface area contributed by atoms with Crippen LogP contribution in [0, 0.1) is 5.92 Å². The van der Waals surface area contributed by atoms with Gasteiger partial charge >= 0.3 is 0 Å². The van der Waals surface area contributed by atoms with Crippen LogP contribution in [0.25, 0.3) is 0 Å². The first-order valence-corrected chi connectivity index (χ1v) is 4.18. The van der Waals surface area contributed by atoms with E-state index < -0.39 is 0 Å². The van der Waals surface area contributed by atoms with Gasteiger partial charge in [-0.05, 0) is 25.2 Å². The van der Waals surface area contributed by atoms with Crippen molar-refractivity contribution in [2.45, 2.75) is 52.9 Å². The van der Waals surface area contributed by atoms with Crippen molar-refractivity contribution in [2.75, 3.05) is 0 Å². The molecule has 0 heterocycles. The first-order chi connectivity index (χ1) is 4.35. The molecule has 0 bridgehead atoms. The molecule has 0 aliphatic heterocycles. The van der Waals surface area contributed by atoms with Crippen molar-refractivity contribution in [3.8, 4) is 0 Å². The molecule has 0 spiro atoms. The van der Waals surface area contributed by atoms with E-state index in [0.29, 0.717) is 0 Å². The van der Waals surface area contributed by atoms with Gasteiger partial charge in [0.1, 0.15) is 0 Å². The predicted octanol–water partition coefficient (Wildman–Crippen LogP) is 3.57. The Balaban J connectivity index is 3.18. The van der Waals surface area contributed by atoms with Gasteiger partial charge in [0.05, 0.1) is 0 Å². The van der Waals surface area contributed by atoms with E-state index in [1.54, 1.807) is 5.92 Å². The summed E-state index contributed by atoms with van der Waals surface area (Å²) in [6.45, 7) is 6.78. The fourth-order valence-corrected chi connectivity index (χ4v) is 1.19. The van der Waals surface area contributed by atoms with E-state index in [2.05, 4.69) is 20.8 Å². The molecule has 0 aromatic carbocycles. The van der Waals surface area contributed by atoms with Crippen molar-refractivity contribution in [3.63, 3.8) is 0 Å². The molecule has 0 unspecified atom stereocenters. The van der Waals surface area contributed by atoms with Crippen molar-refractivity contribution >= 4 is 0 Å². The van der Waals surface area contributed by atoms with E-state index in [-0.39, 0.29) is 0 Å². The summed E-state index contributed by atoms with van der Waals surface area (Å²) in [4.78, 5) is 0. The van der Waals surface area contributed by atoms with Crippen LogP contribution in [0.1, 0.15) is 52.9 Å². The van der Waals surface area contributed by atoms with E-state index >= 15 is 0 Å². The van der Waals surface area contributed by atoms with Crippen LogP contribution in [0.15, 0.2) is 0 Å². The summed E-state index contributed by atoms with van der Waals surface area (Å²) >= 11 is 0. The van der Waals surface area contributed by atoms with Gasteiger partial charge in [-0.2, -0.15) is 0 Å². The normalized spacial score (nSPS) is 10.7. The molecular weight excluding hydrogens is 108 g/mol. The smallest absolute Gasteiger partial charge is 0.0244 e. The molecule has 0 atom stereocenters. The van der Waals surface area contributed by atoms with E-state index in [1.807, 2.05) is 0 Å². The lowest BCUT2D eigenvalue weighted by Crippen LogP contribution is -1.93. The molecule has 9 heavy (non-hydrogen) atoms. The Morgan fingerprint density at radius 1 is 0.889 bits per heavy atom. The van der Waals surface area contributed by atoms with E-state index in [9.17, 15) is 0 Å². The largest absolute Gasteiger partial charge is 0.0654 e. The Morgan fingerprint density at radius 3 is 1.56 bits per heavy atom. The van der Waals surface area contributed by atoms with Gasteiger partial charge < -0.3 is 0 Å². The molecule has 0 rings (SSSR count). The molecule has 55 valence electrons. The first-order valence-electron chi connectivity index (χ1n) is 4.18. The standard InChI is InChI=1S/C9H19/c1-4-7-9(6-3)8-5-2/h4-8H2,1-3H3. The molecule has 0 saturated carbocycles. The van der Waals surface area contributed by atoms with Gasteiger partial charge in [-0.3, -0.25) is 0 Å². The fraction of sp³-hybridized carbons (Fsp3) is 0.889. The van der Waals surface area contributed by atoms with Crippen LogP contribution in [0.2, 0.25) is 0 Å². The number of hydrogen-bond acceptors (Lipinski definition) is 0. The Kier molecular flexibility index (Phi) is 6.12. The maximum atomic E-state index is 2.26. The first kappa shape index (κ1) is 9.00. The number of rotatable bonds is 5. The third kappa shape index (κ3) is 4.50. The lowest BCUT2D eigenvalue weighted by molar-refractivity contribution is 0.651. The van der Waals surface area contributed by atoms with Gasteiger partial charge in [-0.15, -0.1) is 0 Å². The minimum Gasteiger partial charge on any atom is -0.0654 e. The van der Waals surface area contributed by atoms with Crippen LogP contribution >= 0.6 is 0 Å². The molecule has 0 heteroatoms. The summed E-state index contributed by atoms with van der Waals surface area (Å²) < 4.78 is 0. The summed E-state index contributed by atoms with van der Waals surface area (Å²) in [5.41, 5.74) is 0. The van der Waals surface area contributed by atoms with E-state index in [1.165, 1.54) is 32.1 Å². The van der Waals surface area contributed by atoms with Crippen LogP contribution in [0.4, 0.5) is 0 Å². The molecule has 1 radical (unpaired) electrons. The maximum Gasteiger partial charge on any atom is -0.0244 e. The second kappa shape index (κ2) is 6.12. The van der Waals surface area contributed by atoms with Gasteiger partial charge in [0, 0.05) is 0 Å². The number of hydrogen-bond donors (Lipinski definition) is 0. The van der Waals surface area contributed by atoms with Crippen LogP contribution in [0.3, 0.4) is 0 Å². The van der Waals surface area contributed by atoms with Gasteiger partial charge in [0.2, 0.25) is 0 Å². The zero-order valence-corrected chi connectivity index (χ0v) is 7.04. The molecule has 0 saturated heterocycles. The maximum absolute atomic E-state index is 2.26. The Hall–Kier alpha value is 0. The molecule has 0 aromatic heterocycles. The molecule has 0 aliphatic carbocycles. The fourth-order valence-electron chi connectivity index (χ4n) is 1.19. The topological polar surface area (TPSA) is 0 Å². The van der Waals surface area contributed by atoms with E-state index in [4.69, 9.17) is 0 Å². The monoisotopic (exact) mass is 127 g/mol. The molecule has 0 aromatic rings. The highest BCUT2D eigenvalue weighted by Gasteiger charge is 2.01. The van der Waals surface area contributed by atoms with Crippen molar-refractivity contribution in [2.24, 2.45) is 0 Å². The van der Waals surface area contributed by atoms with E-state index in [0.717, 1.165) is 0 Å². The Labute approximate surface area is 59.7 Å². The quantitative estimate of drug-likeness (QED) is 0.529. The van der Waals surface area contributed by atoms with Crippen molar-refractivity contribution in [3.05, 3.63) is 5.92 Å². The SMILES string of the molecule is CCC[C](CC)CCC. The lowest BCUT2D eigenvalue weighted by atomic mass is 9.96. The van der Waals surface area contributed by atoms with Gasteiger partial charge in [0.15, 0.2) is 0 Å². The molecule has 0 aliphatic rings. The summed E-state index contributed by atoms with van der Waals surface area (Å²) in [6.07, 6.45) is 6.64. The minimum atomic E-state index is 1.29. The van der Waals surface area contributed by atoms with Crippen molar-refractivity contribution < 1.29 is 0 Å². The van der Waals surface area contributed by atoms with Gasteiger partial charge in [0.25, 0.3) is 0 Å². The highest BCUT2D eigenvalue weighted by molar-refractivity contribution is 4.86. The van der Waals surface area contributed by atoms with Crippen LogP contribution in [-0.4, -0.2) is 0 Å². The molecule has 0 fully saturated rings. The van der Waals surface area contributed by atoms with Crippen molar-refractivity contribution in [1.29, 1.82) is 0 Å². The highest BCUT2D eigenvalue weighted by atomic mass is 14.1. The molecule has 0 amide bonds. The molecule has 0 nitrogen and oxygen atoms in total. The van der Waals surface area contributed by atoms with Crippen LogP contribution in [0.5, 0.6) is 0 Å². The summed E-state index contributed by atoms with van der Waals surface area (Å²) in [6, 6.07) is 0. The van der Waals surface area contributed by atoms with Gasteiger partial charge in [-0.25, -0.2) is 0 Å². The zero-order chi connectivity index (χ0) is 7.11. The highest BCUT2D eigenvalue weighted by Crippen LogP contribution is 2.18. The average molecular weight is 127 g/mol. The average Bonchev–Trinajstić information content (AvgIpc) is 1.88. The van der Waals surface area contributed by atoms with Crippen LogP contribution in [-0.2, 0) is 0 Å². The molecular formula is C9H19. The second-order valence-electron chi connectivity index (χ2n) is 2.60. The third-order valence-electron chi connectivity index (χ3n) is 1.71. The minimum absolute atomic E-state index is 1.29. The lowest BCUT2D eigenvalue weighted by Gasteiger charge is -2.09. The van der Waals surface area contributed by atoms with Crippen molar-refractivity contribution in [1.82, 2.24) is 0 Å². The molecule has 0 N–H and O–H groups in total. The Bertz CT molecular complexity index is 42.0. The predicted molar refractivity (Wildman–Crippen MR) is 43.4 cm³/mol. The summed E-state index contributed by atoms with van der Waals surface area (Å²) in [7, 11) is 0. The van der Waals surface area contributed by atoms with Crippen LogP contribution < -0.4 is 0 Å². The summed E-state index contributed by atoms with van der Waals surface area (Å²) in [5.74, 6) is 1.75.